The second kappa shape index (κ2) is 9.22. The second-order valence-corrected chi connectivity index (χ2v) is 10.4. The van der Waals surface area contributed by atoms with Crippen LogP contribution in [-0.2, 0) is 36.3 Å². The highest BCUT2D eigenvalue weighted by Crippen LogP contribution is 2.29. The first-order valence-electron chi connectivity index (χ1n) is 10.4. The Morgan fingerprint density at radius 2 is 1.67 bits per heavy atom. The van der Waals surface area contributed by atoms with Crippen LogP contribution in [-0.4, -0.2) is 36.5 Å². The first-order valence-corrected chi connectivity index (χ1v) is 11.9. The molecule has 1 amide bonds. The number of rotatable bonds is 7. The third kappa shape index (κ3) is 5.89. The number of nitrogens with one attached hydrogen (secondary N) is 2. The van der Waals surface area contributed by atoms with Crippen LogP contribution in [0.3, 0.4) is 0 Å². The molecule has 10 heteroatoms. The number of nitrogens with zero attached hydrogens (tertiary/aromatic N) is 2. The number of benzene rings is 2. The lowest BCUT2D eigenvalue weighted by atomic mass is 9.95. The molecule has 9 nitrogen and oxygen atoms in total. The maximum absolute atomic E-state index is 12.8. The monoisotopic (exact) mass is 472 g/mol. The van der Waals surface area contributed by atoms with E-state index in [1.807, 2.05) is 25.3 Å². The SMILES string of the molecule is CC(=O)Nc1ccc(S(=O)(=O)Nc2ccc3c(c2)nc(C(C)(C)C)n3CCOC(C)=O)cc1. The molecule has 0 saturated carbocycles. The van der Waals surface area contributed by atoms with Gasteiger partial charge in [0.15, 0.2) is 0 Å². The molecule has 2 aromatic carbocycles. The van der Waals surface area contributed by atoms with Crippen molar-refractivity contribution in [1.29, 1.82) is 0 Å². The number of sulfonamides is 1. The Bertz CT molecular complexity index is 1290. The van der Waals surface area contributed by atoms with Gasteiger partial charge in [0.1, 0.15) is 12.4 Å². The molecule has 0 aliphatic rings. The van der Waals surface area contributed by atoms with Gasteiger partial charge in [-0.15, -0.1) is 0 Å². The fourth-order valence-electron chi connectivity index (χ4n) is 3.41. The van der Waals surface area contributed by atoms with Crippen LogP contribution in [0.25, 0.3) is 11.0 Å². The van der Waals surface area contributed by atoms with Gasteiger partial charge in [0.05, 0.1) is 28.2 Å². The number of esters is 1. The highest BCUT2D eigenvalue weighted by molar-refractivity contribution is 7.92. The van der Waals surface area contributed by atoms with E-state index in [4.69, 9.17) is 9.72 Å². The summed E-state index contributed by atoms with van der Waals surface area (Å²) < 4.78 is 35.3. The first kappa shape index (κ1) is 24.2. The Morgan fingerprint density at radius 3 is 2.24 bits per heavy atom. The van der Waals surface area contributed by atoms with Crippen LogP contribution in [0.5, 0.6) is 0 Å². The third-order valence-corrected chi connectivity index (χ3v) is 6.17. The molecule has 0 unspecified atom stereocenters. The van der Waals surface area contributed by atoms with E-state index in [1.54, 1.807) is 18.2 Å². The van der Waals surface area contributed by atoms with Gasteiger partial charge in [0.25, 0.3) is 10.0 Å². The molecule has 1 heterocycles. The summed E-state index contributed by atoms with van der Waals surface area (Å²) in [7, 11) is -3.84. The molecular weight excluding hydrogens is 444 g/mol. The largest absolute Gasteiger partial charge is 0.464 e. The summed E-state index contributed by atoms with van der Waals surface area (Å²) >= 11 is 0. The van der Waals surface area contributed by atoms with Gasteiger partial charge < -0.3 is 14.6 Å². The molecule has 0 aliphatic heterocycles. The zero-order chi connectivity index (χ0) is 24.4. The lowest BCUT2D eigenvalue weighted by Crippen LogP contribution is -2.21. The minimum Gasteiger partial charge on any atom is -0.464 e. The van der Waals surface area contributed by atoms with Crippen molar-refractivity contribution in [3.8, 4) is 0 Å². The standard InChI is InChI=1S/C23H28N4O5S/c1-15(28)24-17-6-9-19(10-7-17)33(30,31)26-18-8-11-21-20(14-18)25-22(23(3,4)5)27(21)12-13-32-16(2)29/h6-11,14,26H,12-13H2,1-5H3,(H,24,28). The Balaban J connectivity index is 1.90. The Hall–Kier alpha value is -3.40. The van der Waals surface area contributed by atoms with Crippen molar-refractivity contribution in [3.05, 3.63) is 48.3 Å². The van der Waals surface area contributed by atoms with Gasteiger partial charge >= 0.3 is 5.97 Å². The molecule has 1 aromatic heterocycles. The molecule has 0 saturated heterocycles. The molecule has 176 valence electrons. The average molecular weight is 473 g/mol. The third-order valence-electron chi connectivity index (χ3n) is 4.78. The quantitative estimate of drug-likeness (QED) is 0.507. The number of aromatic nitrogens is 2. The molecule has 3 aromatic rings. The van der Waals surface area contributed by atoms with Crippen molar-refractivity contribution in [1.82, 2.24) is 9.55 Å². The highest BCUT2D eigenvalue weighted by Gasteiger charge is 2.23. The zero-order valence-electron chi connectivity index (χ0n) is 19.3. The van der Waals surface area contributed by atoms with Crippen LogP contribution >= 0.6 is 0 Å². The van der Waals surface area contributed by atoms with E-state index in [1.165, 1.54) is 38.1 Å². The lowest BCUT2D eigenvalue weighted by molar-refractivity contribution is -0.141. The molecule has 0 aliphatic carbocycles. The Kier molecular flexibility index (Phi) is 6.78. The first-order chi connectivity index (χ1) is 15.4. The van der Waals surface area contributed by atoms with E-state index in [2.05, 4.69) is 10.0 Å². The lowest BCUT2D eigenvalue weighted by Gasteiger charge is -2.20. The van der Waals surface area contributed by atoms with Crippen molar-refractivity contribution in [2.45, 2.75) is 51.5 Å². The summed E-state index contributed by atoms with van der Waals surface area (Å²) in [4.78, 5) is 27.1. The maximum Gasteiger partial charge on any atom is 0.302 e. The van der Waals surface area contributed by atoms with Crippen LogP contribution < -0.4 is 10.0 Å². The van der Waals surface area contributed by atoms with Crippen LogP contribution in [0, 0.1) is 0 Å². The van der Waals surface area contributed by atoms with Crippen molar-refractivity contribution >= 4 is 44.3 Å². The van der Waals surface area contributed by atoms with E-state index in [0.29, 0.717) is 23.4 Å². The fraction of sp³-hybridized carbons (Fsp3) is 0.348. The van der Waals surface area contributed by atoms with Gasteiger partial charge in [-0.3, -0.25) is 14.3 Å². The summed E-state index contributed by atoms with van der Waals surface area (Å²) in [5.41, 5.74) is 2.05. The number of ether oxygens (including phenoxy) is 1. The molecule has 2 N–H and O–H groups in total. The van der Waals surface area contributed by atoms with Gasteiger partial charge in [-0.2, -0.15) is 0 Å². The molecule has 33 heavy (non-hydrogen) atoms. The average Bonchev–Trinajstić information content (AvgIpc) is 3.06. The number of fused-ring (bicyclic) bond motifs is 1. The fourth-order valence-corrected chi connectivity index (χ4v) is 4.46. The minimum absolute atomic E-state index is 0.0685. The number of carbonyl (C=O) groups excluding carboxylic acids is 2. The second-order valence-electron chi connectivity index (χ2n) is 8.69. The smallest absolute Gasteiger partial charge is 0.302 e. The van der Waals surface area contributed by atoms with E-state index < -0.39 is 10.0 Å². The maximum atomic E-state index is 12.8. The minimum atomic E-state index is -3.84. The highest BCUT2D eigenvalue weighted by atomic mass is 32.2. The zero-order valence-corrected chi connectivity index (χ0v) is 20.1. The van der Waals surface area contributed by atoms with Gasteiger partial charge in [-0.25, -0.2) is 13.4 Å². The van der Waals surface area contributed by atoms with Crippen molar-refractivity contribution in [3.63, 3.8) is 0 Å². The van der Waals surface area contributed by atoms with Crippen molar-refractivity contribution in [2.75, 3.05) is 16.6 Å². The van der Waals surface area contributed by atoms with Gasteiger partial charge in [-0.1, -0.05) is 20.8 Å². The normalized spacial score (nSPS) is 11.9. The molecular formula is C23H28N4O5S. The number of carbonyl (C=O) groups is 2. The van der Waals surface area contributed by atoms with Crippen LogP contribution in [0.15, 0.2) is 47.4 Å². The Labute approximate surface area is 193 Å². The number of hydrogen-bond acceptors (Lipinski definition) is 6. The number of imidazole rings is 1. The van der Waals surface area contributed by atoms with Gasteiger partial charge in [0.2, 0.25) is 5.91 Å². The number of amides is 1. The summed E-state index contributed by atoms with van der Waals surface area (Å²) in [6.07, 6.45) is 0. The summed E-state index contributed by atoms with van der Waals surface area (Å²) in [5.74, 6) is 0.218. The van der Waals surface area contributed by atoms with Crippen LogP contribution in [0.2, 0.25) is 0 Å². The van der Waals surface area contributed by atoms with Crippen LogP contribution in [0.1, 0.15) is 40.4 Å². The molecule has 0 fully saturated rings. The number of hydrogen-bond donors (Lipinski definition) is 2. The van der Waals surface area contributed by atoms with Gasteiger partial charge in [0, 0.05) is 24.9 Å². The summed E-state index contributed by atoms with van der Waals surface area (Å²) in [5, 5.41) is 2.60. The van der Waals surface area contributed by atoms with Gasteiger partial charge in [-0.05, 0) is 42.5 Å². The molecule has 0 atom stereocenters. The molecule has 0 spiro atoms. The number of anilines is 2. The topological polar surface area (TPSA) is 119 Å². The van der Waals surface area contributed by atoms with E-state index in [9.17, 15) is 18.0 Å². The van der Waals surface area contributed by atoms with E-state index >= 15 is 0 Å². The molecule has 0 bridgehead atoms. The Morgan fingerprint density at radius 1 is 1.03 bits per heavy atom. The summed E-state index contributed by atoms with van der Waals surface area (Å²) in [6.45, 7) is 9.50. The van der Waals surface area contributed by atoms with E-state index in [-0.39, 0.29) is 28.8 Å². The van der Waals surface area contributed by atoms with Crippen LogP contribution in [0.4, 0.5) is 11.4 Å². The van der Waals surface area contributed by atoms with Crippen molar-refractivity contribution < 1.29 is 22.7 Å². The summed E-state index contributed by atoms with van der Waals surface area (Å²) in [6, 6.07) is 11.0. The molecule has 3 rings (SSSR count). The predicted octanol–water partition coefficient (Wildman–Crippen LogP) is 3.66. The predicted molar refractivity (Wildman–Crippen MR) is 127 cm³/mol. The van der Waals surface area contributed by atoms with E-state index in [0.717, 1.165) is 11.3 Å². The van der Waals surface area contributed by atoms with Crippen molar-refractivity contribution in [2.24, 2.45) is 0 Å². The molecule has 0 radical (unpaired) electrons.